The van der Waals surface area contributed by atoms with Gasteiger partial charge in [0.15, 0.2) is 0 Å². The lowest BCUT2D eigenvalue weighted by Crippen LogP contribution is -2.53. The minimum absolute atomic E-state index is 0.653. The van der Waals surface area contributed by atoms with Crippen LogP contribution in [0, 0.1) is 35.5 Å². The van der Waals surface area contributed by atoms with E-state index in [0.29, 0.717) is 12.2 Å². The highest BCUT2D eigenvalue weighted by molar-refractivity contribution is 5.00. The highest BCUT2D eigenvalue weighted by atomic mass is 16.5. The molecule has 1 heteroatoms. The summed E-state index contributed by atoms with van der Waals surface area (Å²) in [6, 6.07) is 0. The van der Waals surface area contributed by atoms with Crippen LogP contribution in [0.5, 0.6) is 0 Å². The molecule has 1 aliphatic heterocycles. The van der Waals surface area contributed by atoms with Gasteiger partial charge in [-0.3, -0.25) is 0 Å². The summed E-state index contributed by atoms with van der Waals surface area (Å²) in [5.74, 6) is 6.11. The molecule has 5 aliphatic rings. The lowest BCUT2D eigenvalue weighted by atomic mass is 9.56. The molecular formula is C21H34O. The zero-order valence-electron chi connectivity index (χ0n) is 14.2. The van der Waals surface area contributed by atoms with E-state index in [1.165, 1.54) is 77.0 Å². The largest absolute Gasteiger partial charge is 0.374 e. The van der Waals surface area contributed by atoms with Gasteiger partial charge in [-0.05, 0) is 80.5 Å². The smallest absolute Gasteiger partial charge is 0.0610 e. The monoisotopic (exact) mass is 302 g/mol. The Kier molecular flexibility index (Phi) is 3.77. The first-order chi connectivity index (χ1) is 10.9. The lowest BCUT2D eigenvalue weighted by molar-refractivity contribution is -0.189. The van der Waals surface area contributed by atoms with Gasteiger partial charge in [-0.2, -0.15) is 0 Å². The van der Waals surface area contributed by atoms with Crippen molar-refractivity contribution in [3.8, 4) is 0 Å². The third-order valence-electron chi connectivity index (χ3n) is 8.53. The summed E-state index contributed by atoms with van der Waals surface area (Å²) in [6.07, 6.45) is 20.8. The fourth-order valence-electron chi connectivity index (χ4n) is 7.58. The quantitative estimate of drug-likeness (QED) is 0.568. The van der Waals surface area contributed by atoms with Gasteiger partial charge in [0.1, 0.15) is 0 Å². The molecule has 8 atom stereocenters. The van der Waals surface area contributed by atoms with Gasteiger partial charge in [-0.15, -0.1) is 0 Å². The van der Waals surface area contributed by atoms with Crippen LogP contribution in [-0.2, 0) is 4.74 Å². The summed E-state index contributed by atoms with van der Waals surface area (Å²) < 4.78 is 6.79. The zero-order valence-corrected chi connectivity index (χ0v) is 14.2. The molecule has 4 aliphatic carbocycles. The fourth-order valence-corrected chi connectivity index (χ4v) is 7.58. The molecule has 0 aromatic carbocycles. The van der Waals surface area contributed by atoms with E-state index >= 15 is 0 Å². The van der Waals surface area contributed by atoms with Gasteiger partial charge in [-0.1, -0.05) is 38.5 Å². The van der Waals surface area contributed by atoms with E-state index in [-0.39, 0.29) is 0 Å². The number of hydrogen-bond donors (Lipinski definition) is 0. The van der Waals surface area contributed by atoms with Gasteiger partial charge in [0.25, 0.3) is 0 Å². The van der Waals surface area contributed by atoms with Gasteiger partial charge in [0.2, 0.25) is 0 Å². The van der Waals surface area contributed by atoms with Crippen molar-refractivity contribution in [1.82, 2.24) is 0 Å². The van der Waals surface area contributed by atoms with Crippen molar-refractivity contribution in [3.63, 3.8) is 0 Å². The molecule has 8 unspecified atom stereocenters. The summed E-state index contributed by atoms with van der Waals surface area (Å²) in [6.45, 7) is 0. The fraction of sp³-hybridized carbons (Fsp3) is 1.00. The number of rotatable bonds is 0. The van der Waals surface area contributed by atoms with Crippen LogP contribution in [0.2, 0.25) is 0 Å². The molecule has 0 radical (unpaired) electrons. The van der Waals surface area contributed by atoms with Crippen LogP contribution in [0.3, 0.4) is 0 Å². The van der Waals surface area contributed by atoms with Crippen LogP contribution in [-0.4, -0.2) is 12.2 Å². The van der Waals surface area contributed by atoms with E-state index in [4.69, 9.17) is 4.74 Å². The summed E-state index contributed by atoms with van der Waals surface area (Å²) in [4.78, 5) is 0. The molecule has 4 saturated carbocycles. The summed E-state index contributed by atoms with van der Waals surface area (Å²) >= 11 is 0. The molecular weight excluding hydrogens is 268 g/mol. The summed E-state index contributed by atoms with van der Waals surface area (Å²) in [7, 11) is 0. The molecule has 0 N–H and O–H groups in total. The Morgan fingerprint density at radius 1 is 0.455 bits per heavy atom. The Morgan fingerprint density at radius 2 is 0.955 bits per heavy atom. The molecule has 124 valence electrons. The second kappa shape index (κ2) is 5.80. The van der Waals surface area contributed by atoms with Crippen molar-refractivity contribution in [1.29, 1.82) is 0 Å². The number of hydrogen-bond acceptors (Lipinski definition) is 1. The van der Waals surface area contributed by atoms with Gasteiger partial charge in [0, 0.05) is 0 Å². The average molecular weight is 303 g/mol. The molecule has 0 aromatic rings. The second-order valence-electron chi connectivity index (χ2n) is 9.35. The molecule has 0 amide bonds. The third kappa shape index (κ3) is 2.29. The highest BCUT2D eigenvalue weighted by Gasteiger charge is 2.51. The number of ether oxygens (including phenoxy) is 1. The predicted molar refractivity (Wildman–Crippen MR) is 89.6 cm³/mol. The minimum Gasteiger partial charge on any atom is -0.374 e. The van der Waals surface area contributed by atoms with E-state index < -0.39 is 0 Å². The van der Waals surface area contributed by atoms with Crippen molar-refractivity contribution in [2.45, 2.75) is 95.7 Å². The highest BCUT2D eigenvalue weighted by Crippen LogP contribution is 2.55. The van der Waals surface area contributed by atoms with Crippen molar-refractivity contribution >= 4 is 0 Å². The Labute approximate surface area is 136 Å². The normalized spacial score (nSPS) is 54.5. The average Bonchev–Trinajstić information content (AvgIpc) is 2.60. The third-order valence-corrected chi connectivity index (χ3v) is 8.53. The van der Waals surface area contributed by atoms with Crippen LogP contribution in [0.25, 0.3) is 0 Å². The molecule has 5 rings (SSSR count). The maximum Gasteiger partial charge on any atom is 0.0610 e. The maximum atomic E-state index is 6.79. The molecule has 0 bridgehead atoms. The Balaban J connectivity index is 1.37. The molecule has 22 heavy (non-hydrogen) atoms. The standard InChI is InChI=1S/C21H34O/c1-3-7-16-14(5-1)9-11-20-18(16)13-19-17-8-4-2-6-15(17)10-12-21(19)22-20/h14-21H,1-13H2. The molecule has 0 spiro atoms. The van der Waals surface area contributed by atoms with Crippen LogP contribution < -0.4 is 0 Å². The van der Waals surface area contributed by atoms with E-state index in [0.717, 1.165) is 35.5 Å². The second-order valence-corrected chi connectivity index (χ2v) is 9.35. The van der Waals surface area contributed by atoms with Gasteiger partial charge < -0.3 is 4.74 Å². The summed E-state index contributed by atoms with van der Waals surface area (Å²) in [5, 5.41) is 0. The number of fused-ring (bicyclic) bond motifs is 6. The SMILES string of the molecule is C1CCC2C(C1)CCC1OC3CCC4CCCCC4C3CC12. The first-order valence-corrected chi connectivity index (χ1v) is 10.6. The molecule has 5 fully saturated rings. The van der Waals surface area contributed by atoms with Crippen molar-refractivity contribution < 1.29 is 4.74 Å². The Morgan fingerprint density at radius 3 is 1.50 bits per heavy atom. The molecule has 1 saturated heterocycles. The van der Waals surface area contributed by atoms with Gasteiger partial charge in [0.05, 0.1) is 12.2 Å². The molecule has 1 nitrogen and oxygen atoms in total. The first-order valence-electron chi connectivity index (χ1n) is 10.6. The van der Waals surface area contributed by atoms with Crippen molar-refractivity contribution in [3.05, 3.63) is 0 Å². The molecule has 0 aromatic heterocycles. The Hall–Kier alpha value is -0.0400. The topological polar surface area (TPSA) is 9.23 Å². The van der Waals surface area contributed by atoms with Crippen LogP contribution >= 0.6 is 0 Å². The van der Waals surface area contributed by atoms with E-state index in [9.17, 15) is 0 Å². The van der Waals surface area contributed by atoms with Gasteiger partial charge >= 0.3 is 0 Å². The van der Waals surface area contributed by atoms with E-state index in [2.05, 4.69) is 0 Å². The van der Waals surface area contributed by atoms with Crippen LogP contribution in [0.15, 0.2) is 0 Å². The van der Waals surface area contributed by atoms with Crippen molar-refractivity contribution in [2.75, 3.05) is 0 Å². The first kappa shape index (κ1) is 14.3. The predicted octanol–water partition coefficient (Wildman–Crippen LogP) is 5.58. The van der Waals surface area contributed by atoms with Crippen LogP contribution in [0.1, 0.15) is 83.5 Å². The van der Waals surface area contributed by atoms with Gasteiger partial charge in [-0.25, -0.2) is 0 Å². The minimum atomic E-state index is 0.653. The van der Waals surface area contributed by atoms with Crippen LogP contribution in [0.4, 0.5) is 0 Å². The summed E-state index contributed by atoms with van der Waals surface area (Å²) in [5.41, 5.74) is 0. The Bertz CT molecular complexity index is 369. The maximum absolute atomic E-state index is 6.79. The molecule has 1 heterocycles. The van der Waals surface area contributed by atoms with E-state index in [1.54, 1.807) is 6.42 Å². The van der Waals surface area contributed by atoms with Crippen molar-refractivity contribution in [2.24, 2.45) is 35.5 Å². The zero-order chi connectivity index (χ0) is 14.5. The van der Waals surface area contributed by atoms with E-state index in [1.807, 2.05) is 0 Å². The lowest BCUT2D eigenvalue weighted by Gasteiger charge is -2.56.